The van der Waals surface area contributed by atoms with E-state index in [-0.39, 0.29) is 50.8 Å². The second kappa shape index (κ2) is 28.0. The van der Waals surface area contributed by atoms with E-state index in [0.29, 0.717) is 36.0 Å². The van der Waals surface area contributed by atoms with Gasteiger partial charge in [0.15, 0.2) is 0 Å². The molecule has 0 radical (unpaired) electrons. The molecule has 79 heavy (non-hydrogen) atoms. The number of likely N-dealkylation sites (N-methyl/N-ethyl adjacent to an activating group) is 1. The van der Waals surface area contributed by atoms with Crippen LogP contribution in [0.2, 0.25) is 0 Å². The van der Waals surface area contributed by atoms with E-state index in [1.165, 1.54) is 24.1 Å². The minimum atomic E-state index is -1.72. The number of fused-ring (bicyclic) bond motifs is 2. The third kappa shape index (κ3) is 16.3. The second-order valence-electron chi connectivity index (χ2n) is 19.6. The lowest BCUT2D eigenvalue weighted by molar-refractivity contribution is -0.144. The number of para-hydroxylation sites is 1. The van der Waals surface area contributed by atoms with Crippen LogP contribution < -0.4 is 38.1 Å². The van der Waals surface area contributed by atoms with Crippen LogP contribution in [-0.4, -0.2) is 152 Å². The number of phenolic OH excluding ortho intramolecular Hbond substituents is 1. The number of H-pyrrole nitrogens is 1. The van der Waals surface area contributed by atoms with Gasteiger partial charge in [0, 0.05) is 56.4 Å². The molecule has 1 saturated heterocycles. The zero-order chi connectivity index (χ0) is 57.3. The smallest absolute Gasteiger partial charge is 0.305 e. The topological polar surface area (TPSA) is 366 Å². The molecule has 0 bridgehead atoms. The molecule has 1 aromatic heterocycles. The van der Waals surface area contributed by atoms with Crippen molar-refractivity contribution in [1.82, 2.24) is 41.4 Å². The summed E-state index contributed by atoms with van der Waals surface area (Å²) in [6.45, 7) is 1.30. The Morgan fingerprint density at radius 3 is 2.08 bits per heavy atom. The monoisotopic (exact) mass is 1090 g/mol. The number of nitrogens with one attached hydrogen (secondary N) is 6. The van der Waals surface area contributed by atoms with Gasteiger partial charge in [-0.1, -0.05) is 92.6 Å². The van der Waals surface area contributed by atoms with E-state index >= 15 is 0 Å². The molecule has 8 amide bonds. The minimum absolute atomic E-state index is 0.0377. The summed E-state index contributed by atoms with van der Waals surface area (Å²) in [4.78, 5) is 140. The molecule has 0 aliphatic carbocycles. The molecule has 2 heterocycles. The molecule has 1 fully saturated rings. The van der Waals surface area contributed by atoms with E-state index in [4.69, 9.17) is 16.6 Å². The van der Waals surface area contributed by atoms with Crippen LogP contribution in [0.3, 0.4) is 0 Å². The van der Waals surface area contributed by atoms with E-state index < -0.39 is 121 Å². The molecule has 6 rings (SSSR count). The van der Waals surface area contributed by atoms with E-state index in [2.05, 4.69) is 31.6 Å². The van der Waals surface area contributed by atoms with Crippen LogP contribution in [-0.2, 0) is 67.2 Å². The number of nitrogens with zero attached hydrogens (tertiary/aromatic N) is 2. The highest BCUT2D eigenvalue weighted by molar-refractivity contribution is 5.99. The van der Waals surface area contributed by atoms with Crippen LogP contribution in [0.1, 0.15) is 75.0 Å². The van der Waals surface area contributed by atoms with Crippen molar-refractivity contribution in [2.45, 2.75) is 120 Å². The van der Waals surface area contributed by atoms with E-state index in [9.17, 15) is 58.2 Å². The van der Waals surface area contributed by atoms with Crippen LogP contribution in [0.5, 0.6) is 5.75 Å². The predicted molar refractivity (Wildman–Crippen MR) is 289 cm³/mol. The van der Waals surface area contributed by atoms with Gasteiger partial charge in [-0.15, -0.1) is 0 Å². The number of aromatic hydroxyl groups is 1. The van der Waals surface area contributed by atoms with Gasteiger partial charge in [0.1, 0.15) is 42.0 Å². The Morgan fingerprint density at radius 2 is 1.38 bits per heavy atom. The summed E-state index contributed by atoms with van der Waals surface area (Å²) in [5, 5.41) is 44.1. The summed E-state index contributed by atoms with van der Waals surface area (Å²) >= 11 is 0. The molecule has 0 spiro atoms. The summed E-state index contributed by atoms with van der Waals surface area (Å²) in [6, 6.07) is 16.6. The number of primary amides is 1. The maximum atomic E-state index is 14.8. The quantitative estimate of drug-likeness (QED) is 0.0336. The van der Waals surface area contributed by atoms with Gasteiger partial charge >= 0.3 is 11.9 Å². The Morgan fingerprint density at radius 1 is 0.722 bits per heavy atom. The number of benzene rings is 4. The average molecular weight is 1090 g/mol. The number of hydrogen-bond acceptors (Lipinski definition) is 12. The van der Waals surface area contributed by atoms with Crippen molar-refractivity contribution in [3.63, 3.8) is 0 Å². The fraction of sp³-hybridized carbons (Fsp3) is 0.393. The molecule has 13 N–H and O–H groups in total. The molecular weight excluding hydrogens is 1020 g/mol. The van der Waals surface area contributed by atoms with Gasteiger partial charge in [0.05, 0.1) is 19.0 Å². The zero-order valence-corrected chi connectivity index (χ0v) is 43.9. The van der Waals surface area contributed by atoms with Crippen molar-refractivity contribution >= 4 is 80.9 Å². The van der Waals surface area contributed by atoms with Crippen molar-refractivity contribution in [1.29, 1.82) is 0 Å². The largest absolute Gasteiger partial charge is 0.508 e. The molecule has 5 aromatic rings. The number of nitrogens with two attached hydrogens (primary N) is 2. The van der Waals surface area contributed by atoms with Crippen molar-refractivity contribution in [3.8, 4) is 5.75 Å². The number of rotatable bonds is 28. The van der Waals surface area contributed by atoms with E-state index in [1.54, 1.807) is 36.5 Å². The van der Waals surface area contributed by atoms with Gasteiger partial charge < -0.3 is 68.2 Å². The SMILES string of the molecule is CCCC[C@@H](C(=O)N[C@@H](CC(=O)O)C(=O)N[C@@H](Cc1cccc2ccccc12)C(N)=O)N(C)C(=O)[C@H](Cc1c[nH]c2ccccc12)NC(=O)CNC(=O)[C@@H]1CCCN1C(=O)[C@H](Cc1ccc(O)cc1)NC(=O)[C@H](N)CCC(=O)O. The first kappa shape index (κ1) is 59.4. The number of aromatic amines is 1. The highest BCUT2D eigenvalue weighted by Crippen LogP contribution is 2.24. The van der Waals surface area contributed by atoms with Crippen LogP contribution in [0, 0.1) is 0 Å². The van der Waals surface area contributed by atoms with Crippen LogP contribution in [0.15, 0.2) is 97.2 Å². The lowest BCUT2D eigenvalue weighted by Gasteiger charge is -2.32. The third-order valence-electron chi connectivity index (χ3n) is 13.9. The maximum absolute atomic E-state index is 14.8. The summed E-state index contributed by atoms with van der Waals surface area (Å²) in [5.41, 5.74) is 14.3. The lowest BCUT2D eigenvalue weighted by Crippen LogP contribution is -2.59. The van der Waals surface area contributed by atoms with Crippen LogP contribution in [0.4, 0.5) is 0 Å². The van der Waals surface area contributed by atoms with Crippen molar-refractivity contribution in [2.75, 3.05) is 20.1 Å². The van der Waals surface area contributed by atoms with Gasteiger partial charge in [-0.2, -0.15) is 0 Å². The summed E-state index contributed by atoms with van der Waals surface area (Å²) < 4.78 is 0. The summed E-state index contributed by atoms with van der Waals surface area (Å²) in [5.74, 6) is -9.16. The van der Waals surface area contributed by atoms with E-state index in [1.807, 2.05) is 55.5 Å². The molecule has 420 valence electrons. The van der Waals surface area contributed by atoms with Crippen LogP contribution >= 0.6 is 0 Å². The predicted octanol–water partition coefficient (Wildman–Crippen LogP) is 1.27. The van der Waals surface area contributed by atoms with Gasteiger partial charge in [0.25, 0.3) is 0 Å². The van der Waals surface area contributed by atoms with Crippen molar-refractivity contribution < 1.29 is 63.3 Å². The standard InChI is InChI=1S/C56H68N10O13/c1-3-4-17-45(54(77)63-42(29-49(71)72)52(75)62-41(50(58)73)27-34-13-9-12-33-11-5-6-14-37(33)34)65(2)55(78)44(28-35-30-59-40-16-8-7-15-38(35)40)61-47(68)31-60-53(76)46-18-10-25-66(46)56(79)43(26-32-19-21-36(67)22-20-32)64-51(74)39(57)23-24-48(69)70/h5-9,11-16,19-22,30,39,41-46,59,67H,3-4,10,17-18,23-29,31,57H2,1-2H3,(H2,58,73)(H,60,76)(H,61,68)(H,62,75)(H,63,77)(H,64,74)(H,69,70)(H,71,72)/t39-,41+,42+,43+,44+,45+,46+/m1/s1. The summed E-state index contributed by atoms with van der Waals surface area (Å²) in [6.07, 6.45) is 1.54. The van der Waals surface area contributed by atoms with E-state index in [0.717, 1.165) is 26.6 Å². The number of hydrogen-bond donors (Lipinski definition) is 11. The second-order valence-corrected chi connectivity index (χ2v) is 19.6. The first-order valence-electron chi connectivity index (χ1n) is 26.1. The number of carboxylic acid groups (broad SMARTS) is 2. The number of likely N-dealkylation sites (tertiary alicyclic amines) is 1. The van der Waals surface area contributed by atoms with Crippen molar-refractivity contribution in [3.05, 3.63) is 114 Å². The molecule has 0 saturated carbocycles. The average Bonchev–Trinajstić information content (AvgIpc) is 4.12. The number of unbranched alkanes of at least 4 members (excludes halogenated alkanes) is 1. The number of amides is 8. The molecule has 0 unspecified atom stereocenters. The number of phenols is 1. The Bertz CT molecular complexity index is 3030. The number of carbonyl (C=O) groups excluding carboxylic acids is 8. The molecule has 23 nitrogen and oxygen atoms in total. The highest BCUT2D eigenvalue weighted by atomic mass is 16.4. The zero-order valence-electron chi connectivity index (χ0n) is 43.9. The highest BCUT2D eigenvalue weighted by Gasteiger charge is 2.40. The molecule has 1 aliphatic heterocycles. The number of aromatic nitrogens is 1. The number of aliphatic carboxylic acids is 2. The van der Waals surface area contributed by atoms with Gasteiger partial charge in [-0.25, -0.2) is 0 Å². The fourth-order valence-electron chi connectivity index (χ4n) is 9.65. The Hall–Kier alpha value is -8.86. The molecular formula is C56H68N10O13. The molecule has 23 heteroatoms. The Balaban J connectivity index is 1.17. The Labute approximate surface area is 455 Å². The Kier molecular flexibility index (Phi) is 21.0. The van der Waals surface area contributed by atoms with Gasteiger partial charge in [-0.05, 0) is 71.3 Å². The van der Waals surface area contributed by atoms with Gasteiger partial charge in [-0.3, -0.25) is 47.9 Å². The first-order valence-corrected chi connectivity index (χ1v) is 26.1. The maximum Gasteiger partial charge on any atom is 0.305 e. The van der Waals surface area contributed by atoms with Gasteiger partial charge in [0.2, 0.25) is 47.3 Å². The van der Waals surface area contributed by atoms with Crippen LogP contribution in [0.25, 0.3) is 21.7 Å². The minimum Gasteiger partial charge on any atom is -0.508 e. The normalized spacial score (nSPS) is 15.4. The molecule has 7 atom stereocenters. The lowest BCUT2D eigenvalue weighted by atomic mass is 9.98. The fourth-order valence-corrected chi connectivity index (χ4v) is 9.65. The summed E-state index contributed by atoms with van der Waals surface area (Å²) in [7, 11) is 1.34. The number of carbonyl (C=O) groups is 10. The number of carboxylic acids is 2. The third-order valence-corrected chi connectivity index (χ3v) is 13.9. The molecule has 4 aromatic carbocycles. The molecule has 1 aliphatic rings. The van der Waals surface area contributed by atoms with Crippen molar-refractivity contribution in [2.24, 2.45) is 11.5 Å². The first-order chi connectivity index (χ1) is 37.7.